The van der Waals surface area contributed by atoms with E-state index < -0.39 is 0 Å². The van der Waals surface area contributed by atoms with Crippen molar-refractivity contribution in [1.29, 1.82) is 0 Å². The van der Waals surface area contributed by atoms with Gasteiger partial charge in [-0.05, 0) is 35.4 Å². The predicted octanol–water partition coefficient (Wildman–Crippen LogP) is 2.22. The van der Waals surface area contributed by atoms with Gasteiger partial charge in [-0.15, -0.1) is 5.10 Å². The lowest BCUT2D eigenvalue weighted by Crippen LogP contribution is -2.37. The van der Waals surface area contributed by atoms with Crippen LogP contribution >= 0.6 is 11.8 Å². The number of amides is 1. The van der Waals surface area contributed by atoms with E-state index in [-0.39, 0.29) is 11.7 Å². The Hall–Kier alpha value is -2.29. The minimum absolute atomic E-state index is 0.00839. The fourth-order valence-corrected chi connectivity index (χ4v) is 3.72. The van der Waals surface area contributed by atoms with Gasteiger partial charge in [0.2, 0.25) is 11.1 Å². The highest BCUT2D eigenvalue weighted by Crippen LogP contribution is 2.29. The number of ether oxygens (including phenoxy) is 2. The first kappa shape index (κ1) is 18.5. The van der Waals surface area contributed by atoms with Crippen LogP contribution in [0.1, 0.15) is 32.1 Å². The summed E-state index contributed by atoms with van der Waals surface area (Å²) in [4.78, 5) is 12.2. The van der Waals surface area contributed by atoms with Gasteiger partial charge in [0.1, 0.15) is 17.2 Å². The first-order valence-corrected chi connectivity index (χ1v) is 9.62. The number of aromatic nitrogens is 4. The van der Waals surface area contributed by atoms with Gasteiger partial charge in [-0.3, -0.25) is 4.79 Å². The van der Waals surface area contributed by atoms with Gasteiger partial charge in [-0.25, -0.2) is 0 Å². The molecule has 2 aromatic rings. The van der Waals surface area contributed by atoms with Crippen molar-refractivity contribution in [2.24, 2.45) is 0 Å². The lowest BCUT2D eigenvalue weighted by molar-refractivity contribution is -0.119. The number of carbonyl (C=O) groups excluding carboxylic acids is 1. The fraction of sp³-hybridized carbons (Fsp3) is 0.529. The molecule has 0 unspecified atom stereocenters. The molecule has 0 spiro atoms. The number of nitrogens with zero attached hydrogens (tertiary/aromatic N) is 4. The summed E-state index contributed by atoms with van der Waals surface area (Å²) in [7, 11) is 3.18. The Balaban J connectivity index is 1.68. The molecule has 1 saturated carbocycles. The highest BCUT2D eigenvalue weighted by molar-refractivity contribution is 7.99. The van der Waals surface area contributed by atoms with E-state index in [0.29, 0.717) is 28.4 Å². The Labute approximate surface area is 156 Å². The van der Waals surface area contributed by atoms with E-state index in [1.165, 1.54) is 31.0 Å². The summed E-state index contributed by atoms with van der Waals surface area (Å²) in [5.74, 6) is 1.56. The van der Waals surface area contributed by atoms with Crippen LogP contribution in [0, 0.1) is 0 Å². The molecular weight excluding hydrogens is 354 g/mol. The van der Waals surface area contributed by atoms with Crippen molar-refractivity contribution < 1.29 is 14.3 Å². The van der Waals surface area contributed by atoms with Gasteiger partial charge < -0.3 is 14.8 Å². The Morgan fingerprint density at radius 1 is 1.27 bits per heavy atom. The number of nitrogens with one attached hydrogen (secondary N) is 1. The molecule has 1 N–H and O–H groups in total. The van der Waals surface area contributed by atoms with Crippen molar-refractivity contribution in [3.63, 3.8) is 0 Å². The molecule has 0 saturated heterocycles. The molecule has 0 aliphatic heterocycles. The highest BCUT2D eigenvalue weighted by atomic mass is 32.2. The average molecular weight is 377 g/mol. The maximum Gasteiger partial charge on any atom is 0.230 e. The number of thioether (sulfide) groups is 1. The largest absolute Gasteiger partial charge is 0.497 e. The number of benzene rings is 1. The summed E-state index contributed by atoms with van der Waals surface area (Å²) in [6.07, 6.45) is 5.76. The first-order chi connectivity index (χ1) is 12.7. The SMILES string of the molecule is COc1ccc(OC)c(-n2nnnc2SCC(=O)NC2CCCCC2)c1. The Kier molecular flexibility index (Phi) is 6.32. The van der Waals surface area contributed by atoms with Crippen molar-refractivity contribution in [1.82, 2.24) is 25.5 Å². The molecule has 1 fully saturated rings. The number of hydrogen-bond acceptors (Lipinski definition) is 7. The molecule has 1 amide bonds. The average Bonchev–Trinajstić information content (AvgIpc) is 3.15. The van der Waals surface area contributed by atoms with Gasteiger partial charge in [-0.2, -0.15) is 4.68 Å². The molecule has 0 radical (unpaired) electrons. The minimum Gasteiger partial charge on any atom is -0.497 e. The number of rotatable bonds is 7. The predicted molar refractivity (Wildman–Crippen MR) is 98.0 cm³/mol. The zero-order valence-corrected chi connectivity index (χ0v) is 15.8. The third-order valence-electron chi connectivity index (χ3n) is 4.36. The topological polar surface area (TPSA) is 91.2 Å². The van der Waals surface area contributed by atoms with E-state index in [2.05, 4.69) is 20.8 Å². The smallest absolute Gasteiger partial charge is 0.230 e. The van der Waals surface area contributed by atoms with Crippen molar-refractivity contribution in [3.8, 4) is 17.2 Å². The van der Waals surface area contributed by atoms with E-state index in [1.807, 2.05) is 0 Å². The maximum atomic E-state index is 12.2. The van der Waals surface area contributed by atoms with Crippen LogP contribution in [0.2, 0.25) is 0 Å². The van der Waals surface area contributed by atoms with Crippen molar-refractivity contribution in [3.05, 3.63) is 18.2 Å². The van der Waals surface area contributed by atoms with Crippen LogP contribution in [0.25, 0.3) is 5.69 Å². The molecule has 1 heterocycles. The van der Waals surface area contributed by atoms with Gasteiger partial charge in [0.25, 0.3) is 0 Å². The van der Waals surface area contributed by atoms with Crippen LogP contribution in [-0.4, -0.2) is 52.1 Å². The zero-order chi connectivity index (χ0) is 18.4. The van der Waals surface area contributed by atoms with E-state index >= 15 is 0 Å². The summed E-state index contributed by atoms with van der Waals surface area (Å²) < 4.78 is 12.2. The van der Waals surface area contributed by atoms with Gasteiger partial charge in [0, 0.05) is 12.1 Å². The minimum atomic E-state index is 0.00839. The number of methoxy groups -OCH3 is 2. The van der Waals surface area contributed by atoms with Crippen LogP contribution in [0.15, 0.2) is 23.4 Å². The third-order valence-corrected chi connectivity index (χ3v) is 5.28. The van der Waals surface area contributed by atoms with E-state index in [1.54, 1.807) is 37.1 Å². The standard InChI is InChI=1S/C17H23N5O3S/c1-24-13-8-9-15(25-2)14(10-13)22-17(19-20-21-22)26-11-16(23)18-12-6-4-3-5-7-12/h8-10,12H,3-7,11H2,1-2H3,(H,18,23). The quantitative estimate of drug-likeness (QED) is 0.740. The molecule has 1 aliphatic rings. The van der Waals surface area contributed by atoms with Crippen LogP contribution in [0.5, 0.6) is 11.5 Å². The molecule has 26 heavy (non-hydrogen) atoms. The molecule has 0 bridgehead atoms. The van der Waals surface area contributed by atoms with Crippen molar-refractivity contribution >= 4 is 17.7 Å². The summed E-state index contributed by atoms with van der Waals surface area (Å²) >= 11 is 1.30. The van der Waals surface area contributed by atoms with Gasteiger partial charge in [-0.1, -0.05) is 31.0 Å². The molecule has 1 aromatic carbocycles. The van der Waals surface area contributed by atoms with E-state index in [0.717, 1.165) is 12.8 Å². The molecule has 1 aliphatic carbocycles. The second-order valence-corrected chi connectivity index (χ2v) is 7.04. The molecule has 140 valence electrons. The van der Waals surface area contributed by atoms with Crippen LogP contribution in [-0.2, 0) is 4.79 Å². The molecular formula is C17H23N5O3S. The third kappa shape index (κ3) is 4.46. The first-order valence-electron chi connectivity index (χ1n) is 8.64. The van der Waals surface area contributed by atoms with Crippen LogP contribution < -0.4 is 14.8 Å². The highest BCUT2D eigenvalue weighted by Gasteiger charge is 2.18. The molecule has 1 aromatic heterocycles. The number of hydrogen-bond donors (Lipinski definition) is 1. The van der Waals surface area contributed by atoms with E-state index in [9.17, 15) is 4.79 Å². The van der Waals surface area contributed by atoms with Crippen molar-refractivity contribution in [2.45, 2.75) is 43.3 Å². The fourth-order valence-electron chi connectivity index (χ4n) is 3.03. The second-order valence-electron chi connectivity index (χ2n) is 6.10. The van der Waals surface area contributed by atoms with Gasteiger partial charge >= 0.3 is 0 Å². The van der Waals surface area contributed by atoms with Crippen molar-refractivity contribution in [2.75, 3.05) is 20.0 Å². The molecule has 0 atom stereocenters. The number of carbonyl (C=O) groups is 1. The zero-order valence-electron chi connectivity index (χ0n) is 15.0. The number of tetrazole rings is 1. The Bertz CT molecular complexity index is 746. The summed E-state index contributed by atoms with van der Waals surface area (Å²) in [5.41, 5.74) is 0.659. The summed E-state index contributed by atoms with van der Waals surface area (Å²) in [5, 5.41) is 15.4. The molecule has 3 rings (SSSR count). The lowest BCUT2D eigenvalue weighted by Gasteiger charge is -2.22. The van der Waals surface area contributed by atoms with Crippen LogP contribution in [0.3, 0.4) is 0 Å². The maximum absolute atomic E-state index is 12.2. The normalized spacial score (nSPS) is 14.8. The molecule has 8 nitrogen and oxygen atoms in total. The summed E-state index contributed by atoms with van der Waals surface area (Å²) in [6.45, 7) is 0. The van der Waals surface area contributed by atoms with E-state index in [4.69, 9.17) is 9.47 Å². The van der Waals surface area contributed by atoms with Crippen LogP contribution in [0.4, 0.5) is 0 Å². The van der Waals surface area contributed by atoms with Gasteiger partial charge in [0.05, 0.1) is 20.0 Å². The Morgan fingerprint density at radius 2 is 2.08 bits per heavy atom. The van der Waals surface area contributed by atoms with Gasteiger partial charge in [0.15, 0.2) is 0 Å². The lowest BCUT2D eigenvalue weighted by atomic mass is 9.95. The monoisotopic (exact) mass is 377 g/mol. The second kappa shape index (κ2) is 8.88. The Morgan fingerprint density at radius 3 is 2.81 bits per heavy atom. The summed E-state index contributed by atoms with van der Waals surface area (Å²) in [6, 6.07) is 5.68. The molecule has 9 heteroatoms.